The van der Waals surface area contributed by atoms with Gasteiger partial charge in [0.05, 0.1) is 0 Å². The van der Waals surface area contributed by atoms with Crippen LogP contribution in [0.5, 0.6) is 0 Å². The van der Waals surface area contributed by atoms with E-state index >= 15 is 0 Å². The summed E-state index contributed by atoms with van der Waals surface area (Å²) in [5, 5.41) is -4.13. The number of halogens is 5. The molecule has 0 saturated carbocycles. The molecule has 1 aromatic heterocycles. The maximum atomic E-state index is 12.8. The minimum absolute atomic E-state index is 0.0598. The third-order valence-electron chi connectivity index (χ3n) is 3.37. The van der Waals surface area contributed by atoms with Crippen molar-refractivity contribution in [3.63, 3.8) is 0 Å². The number of pyridine rings is 1. The lowest BCUT2D eigenvalue weighted by Gasteiger charge is -2.12. The highest BCUT2D eigenvalue weighted by Gasteiger charge is 2.42. The van der Waals surface area contributed by atoms with E-state index in [1.165, 1.54) is 0 Å². The van der Waals surface area contributed by atoms with E-state index in [1.807, 2.05) is 18.2 Å². The molecule has 0 radical (unpaired) electrons. The first kappa shape index (κ1) is 24.7. The predicted octanol–water partition coefficient (Wildman–Crippen LogP) is 5.62. The number of alkyl halides is 5. The van der Waals surface area contributed by atoms with Crippen LogP contribution >= 0.6 is 0 Å². The fourth-order valence-corrected chi connectivity index (χ4v) is 2.38. The van der Waals surface area contributed by atoms with Gasteiger partial charge in [-0.3, -0.25) is 9.54 Å². The summed E-state index contributed by atoms with van der Waals surface area (Å²) >= 11 is 0. The Morgan fingerprint density at radius 2 is 1.15 bits per heavy atom. The van der Waals surface area contributed by atoms with E-state index in [-0.39, 0.29) is 12.8 Å². The van der Waals surface area contributed by atoms with Crippen LogP contribution in [0.4, 0.5) is 22.0 Å². The lowest BCUT2D eigenvalue weighted by atomic mass is 10.1. The topological polar surface area (TPSA) is 67.3 Å². The second-order valence-electron chi connectivity index (χ2n) is 5.73. The Labute approximate surface area is 150 Å². The van der Waals surface area contributed by atoms with Gasteiger partial charge in [0, 0.05) is 25.2 Å². The molecule has 0 fully saturated rings. The Kier molecular flexibility index (Phi) is 11.6. The molecule has 0 unspecified atom stereocenters. The molecule has 10 heteroatoms. The highest BCUT2D eigenvalue weighted by Crippen LogP contribution is 2.27. The summed E-state index contributed by atoms with van der Waals surface area (Å²) in [7, 11) is -5.36. The van der Waals surface area contributed by atoms with Crippen molar-refractivity contribution in [3.8, 4) is 0 Å². The van der Waals surface area contributed by atoms with Crippen LogP contribution < -0.4 is 0 Å². The number of hydrogen-bond donors (Lipinski definition) is 1. The van der Waals surface area contributed by atoms with E-state index in [4.69, 9.17) is 4.55 Å². The van der Waals surface area contributed by atoms with Gasteiger partial charge in [0.15, 0.2) is 0 Å². The number of aromatic nitrogens is 1. The van der Waals surface area contributed by atoms with Crippen molar-refractivity contribution in [1.29, 1.82) is 0 Å². The van der Waals surface area contributed by atoms with Crippen molar-refractivity contribution in [2.75, 3.05) is 0 Å². The average Bonchev–Trinajstić information content (AvgIpc) is 2.53. The molecule has 152 valence electrons. The minimum Gasteiger partial charge on any atom is -0.281 e. The summed E-state index contributed by atoms with van der Waals surface area (Å²) in [5.74, 6) is 0. The molecule has 4 nitrogen and oxygen atoms in total. The van der Waals surface area contributed by atoms with Crippen molar-refractivity contribution in [1.82, 2.24) is 4.98 Å². The van der Waals surface area contributed by atoms with E-state index < -0.39 is 34.4 Å². The van der Waals surface area contributed by atoms with Crippen molar-refractivity contribution >= 4 is 10.1 Å². The standard InChI is InChI=1S/C11H19F5O3S.C5H5N/c12-10(13,14)8-6-4-2-1-3-5-7-9-11(15,16)20(17,18)19;1-2-4-6-5-3-1/h1-9H2,(H,17,18,19);1-5H. The van der Waals surface area contributed by atoms with Gasteiger partial charge in [-0.25, -0.2) is 0 Å². The molecular formula is C16H24F5NO3S. The molecule has 1 rings (SSSR count). The van der Waals surface area contributed by atoms with E-state index in [1.54, 1.807) is 12.4 Å². The summed E-state index contributed by atoms with van der Waals surface area (Å²) in [6.07, 6.45) is 0.146. The zero-order valence-electron chi connectivity index (χ0n) is 14.3. The third-order valence-corrected chi connectivity index (χ3v) is 4.33. The van der Waals surface area contributed by atoms with Gasteiger partial charge in [0.25, 0.3) is 0 Å². The second kappa shape index (κ2) is 12.2. The first-order valence-corrected chi connectivity index (χ1v) is 9.66. The molecule has 0 aliphatic carbocycles. The Morgan fingerprint density at radius 3 is 1.46 bits per heavy atom. The van der Waals surface area contributed by atoms with Crippen LogP contribution in [-0.4, -0.2) is 29.4 Å². The summed E-state index contributed by atoms with van der Waals surface area (Å²) in [6, 6.07) is 5.72. The van der Waals surface area contributed by atoms with Crippen LogP contribution in [0, 0.1) is 0 Å². The van der Waals surface area contributed by atoms with Gasteiger partial charge < -0.3 is 0 Å². The smallest absolute Gasteiger partial charge is 0.281 e. The lowest BCUT2D eigenvalue weighted by Crippen LogP contribution is -2.27. The van der Waals surface area contributed by atoms with Gasteiger partial charge >= 0.3 is 21.5 Å². The van der Waals surface area contributed by atoms with Gasteiger partial charge in [0.2, 0.25) is 0 Å². The van der Waals surface area contributed by atoms with Gasteiger partial charge in [0.1, 0.15) is 0 Å². The van der Waals surface area contributed by atoms with Crippen molar-refractivity contribution in [2.45, 2.75) is 69.2 Å². The largest absolute Gasteiger partial charge is 0.389 e. The maximum Gasteiger partial charge on any atom is 0.389 e. The SMILES string of the molecule is O=S(=O)(O)C(F)(F)CCCCCCCCCC(F)(F)F.c1ccncc1. The molecular weight excluding hydrogens is 381 g/mol. The minimum atomic E-state index is -5.36. The molecule has 1 aromatic rings. The van der Waals surface area contributed by atoms with E-state index in [2.05, 4.69) is 4.98 Å². The normalized spacial score (nSPS) is 12.4. The molecule has 0 aliphatic heterocycles. The number of nitrogens with zero attached hydrogens (tertiary/aromatic N) is 1. The van der Waals surface area contributed by atoms with Gasteiger partial charge in [-0.05, 0) is 25.0 Å². The number of unbranched alkanes of at least 4 members (excludes halogenated alkanes) is 6. The van der Waals surface area contributed by atoms with Crippen LogP contribution in [0.2, 0.25) is 0 Å². The molecule has 0 aromatic carbocycles. The summed E-state index contributed by atoms with van der Waals surface area (Å²) in [4.78, 5) is 3.78. The fourth-order valence-electron chi connectivity index (χ4n) is 1.98. The summed E-state index contributed by atoms with van der Waals surface area (Å²) < 4.78 is 89.8. The van der Waals surface area contributed by atoms with E-state index in [0.717, 1.165) is 0 Å². The molecule has 0 aliphatic rings. The van der Waals surface area contributed by atoms with E-state index in [0.29, 0.717) is 32.1 Å². The predicted molar refractivity (Wildman–Crippen MR) is 88.3 cm³/mol. The van der Waals surface area contributed by atoms with Crippen LogP contribution in [0.3, 0.4) is 0 Å². The molecule has 0 bridgehead atoms. The van der Waals surface area contributed by atoms with Crippen molar-refractivity contribution < 1.29 is 34.9 Å². The molecule has 26 heavy (non-hydrogen) atoms. The highest BCUT2D eigenvalue weighted by atomic mass is 32.2. The summed E-state index contributed by atoms with van der Waals surface area (Å²) in [6.45, 7) is 0. The monoisotopic (exact) mass is 405 g/mol. The molecule has 0 saturated heterocycles. The second-order valence-corrected chi connectivity index (χ2v) is 7.27. The highest BCUT2D eigenvalue weighted by molar-refractivity contribution is 7.86. The molecule has 1 heterocycles. The average molecular weight is 405 g/mol. The first-order chi connectivity index (χ1) is 12.0. The van der Waals surface area contributed by atoms with Crippen molar-refractivity contribution in [2.24, 2.45) is 0 Å². The molecule has 0 spiro atoms. The van der Waals surface area contributed by atoms with Crippen LogP contribution in [0.1, 0.15) is 57.8 Å². The van der Waals surface area contributed by atoms with Crippen LogP contribution in [-0.2, 0) is 10.1 Å². The Hall–Kier alpha value is -1.29. The molecule has 0 atom stereocenters. The maximum absolute atomic E-state index is 12.8. The number of rotatable bonds is 10. The van der Waals surface area contributed by atoms with Gasteiger partial charge in [-0.2, -0.15) is 30.4 Å². The zero-order valence-corrected chi connectivity index (χ0v) is 15.1. The van der Waals surface area contributed by atoms with E-state index in [9.17, 15) is 30.4 Å². The van der Waals surface area contributed by atoms with Crippen LogP contribution in [0.15, 0.2) is 30.6 Å². The lowest BCUT2D eigenvalue weighted by molar-refractivity contribution is -0.135. The van der Waals surface area contributed by atoms with Crippen molar-refractivity contribution in [3.05, 3.63) is 30.6 Å². The quantitative estimate of drug-likeness (QED) is 0.312. The number of hydrogen-bond acceptors (Lipinski definition) is 3. The summed E-state index contributed by atoms with van der Waals surface area (Å²) in [5.41, 5.74) is 0. The first-order valence-electron chi connectivity index (χ1n) is 8.22. The van der Waals surface area contributed by atoms with Gasteiger partial charge in [-0.15, -0.1) is 0 Å². The molecule has 1 N–H and O–H groups in total. The Bertz CT molecular complexity index is 538. The third kappa shape index (κ3) is 13.9. The molecule has 0 amide bonds. The fraction of sp³-hybridized carbons (Fsp3) is 0.688. The zero-order chi connectivity index (χ0) is 20.1. The van der Waals surface area contributed by atoms with Gasteiger partial charge in [-0.1, -0.05) is 38.2 Å². The Balaban J connectivity index is 0.000000867. The Morgan fingerprint density at radius 1 is 0.731 bits per heavy atom. The van der Waals surface area contributed by atoms with Crippen LogP contribution in [0.25, 0.3) is 0 Å².